The smallest absolute Gasteiger partial charge is 0.254 e. The minimum absolute atomic E-state index is 0.105. The number of hydrogen-bond donors (Lipinski definition) is 1. The van der Waals surface area contributed by atoms with E-state index in [1.54, 1.807) is 55.5 Å². The summed E-state index contributed by atoms with van der Waals surface area (Å²) in [6, 6.07) is 19.9. The maximum atomic E-state index is 14.8. The van der Waals surface area contributed by atoms with Crippen molar-refractivity contribution in [2.75, 3.05) is 6.61 Å². The number of carbonyl (C=O) groups is 1. The number of halogens is 2. The van der Waals surface area contributed by atoms with E-state index in [1.165, 1.54) is 12.1 Å². The first-order chi connectivity index (χ1) is 14.5. The lowest BCUT2D eigenvalue weighted by Gasteiger charge is -2.19. The van der Waals surface area contributed by atoms with Gasteiger partial charge >= 0.3 is 0 Å². The second-order valence-electron chi connectivity index (χ2n) is 6.58. The van der Waals surface area contributed by atoms with Crippen LogP contribution in [0.25, 0.3) is 11.1 Å². The molecular weight excluding hydrogens is 386 g/mol. The summed E-state index contributed by atoms with van der Waals surface area (Å²) in [5.74, 6) is -2.34. The van der Waals surface area contributed by atoms with Crippen LogP contribution in [0.2, 0.25) is 0 Å². The molecule has 1 atom stereocenters. The summed E-state index contributed by atoms with van der Waals surface area (Å²) in [5, 5.41) is 11.5. The monoisotopic (exact) mass is 406 g/mol. The van der Waals surface area contributed by atoms with E-state index in [2.05, 4.69) is 5.32 Å². The normalized spacial score (nSPS) is 11.5. The SMILES string of the molecule is CCOC(C(=O)NCc1ccc(C#N)cc1)c1c(F)cc(-c2ccccc2)cc1F. The molecule has 1 amide bonds. The number of nitrogens with one attached hydrogen (secondary N) is 1. The summed E-state index contributed by atoms with van der Waals surface area (Å²) in [6.45, 7) is 1.89. The van der Waals surface area contributed by atoms with E-state index >= 15 is 0 Å². The quantitative estimate of drug-likeness (QED) is 0.607. The summed E-state index contributed by atoms with van der Waals surface area (Å²) >= 11 is 0. The highest BCUT2D eigenvalue weighted by molar-refractivity contribution is 5.82. The fourth-order valence-electron chi connectivity index (χ4n) is 3.07. The number of rotatable bonds is 7. The second-order valence-corrected chi connectivity index (χ2v) is 6.58. The number of carbonyl (C=O) groups excluding carboxylic acids is 1. The Kier molecular flexibility index (Phi) is 6.89. The van der Waals surface area contributed by atoms with E-state index in [9.17, 15) is 13.6 Å². The molecule has 30 heavy (non-hydrogen) atoms. The Morgan fingerprint density at radius 2 is 1.67 bits per heavy atom. The standard InChI is InChI=1S/C24H20F2N2O2/c1-2-30-23(24(29)28-15-17-10-8-16(14-27)9-11-17)22-20(25)12-19(13-21(22)26)18-6-4-3-5-7-18/h3-13,23H,2,15H2,1H3,(H,28,29). The van der Waals surface area contributed by atoms with Crippen LogP contribution in [0.4, 0.5) is 8.78 Å². The Balaban J connectivity index is 1.82. The van der Waals surface area contributed by atoms with Gasteiger partial charge in [0, 0.05) is 13.2 Å². The van der Waals surface area contributed by atoms with E-state index in [0.717, 1.165) is 5.56 Å². The first-order valence-electron chi connectivity index (χ1n) is 9.46. The van der Waals surface area contributed by atoms with Crippen LogP contribution >= 0.6 is 0 Å². The van der Waals surface area contributed by atoms with Gasteiger partial charge in [0.1, 0.15) is 11.6 Å². The van der Waals surface area contributed by atoms with Gasteiger partial charge in [-0.15, -0.1) is 0 Å². The average molecular weight is 406 g/mol. The lowest BCUT2D eigenvalue weighted by molar-refractivity contribution is -0.133. The molecule has 0 aliphatic carbocycles. The molecule has 6 heteroatoms. The molecule has 1 N–H and O–H groups in total. The van der Waals surface area contributed by atoms with Crippen molar-refractivity contribution in [3.05, 3.63) is 95.1 Å². The Bertz CT molecular complexity index is 1040. The molecule has 3 aromatic carbocycles. The minimum atomic E-state index is -1.42. The molecule has 0 aliphatic heterocycles. The van der Waals surface area contributed by atoms with Crippen LogP contribution in [-0.2, 0) is 16.1 Å². The number of benzene rings is 3. The highest BCUT2D eigenvalue weighted by Crippen LogP contribution is 2.30. The Morgan fingerprint density at radius 1 is 1.03 bits per heavy atom. The lowest BCUT2D eigenvalue weighted by atomic mass is 10.00. The summed E-state index contributed by atoms with van der Waals surface area (Å²) in [4.78, 5) is 12.7. The zero-order chi connectivity index (χ0) is 21.5. The molecule has 0 saturated heterocycles. The van der Waals surface area contributed by atoms with E-state index < -0.39 is 29.2 Å². The van der Waals surface area contributed by atoms with Crippen LogP contribution < -0.4 is 5.32 Å². The fraction of sp³-hybridized carbons (Fsp3) is 0.167. The van der Waals surface area contributed by atoms with Crippen molar-refractivity contribution in [2.45, 2.75) is 19.6 Å². The van der Waals surface area contributed by atoms with Crippen LogP contribution in [0.5, 0.6) is 0 Å². The molecule has 1 unspecified atom stereocenters. The maximum absolute atomic E-state index is 14.8. The summed E-state index contributed by atoms with van der Waals surface area (Å²) in [5.41, 5.74) is 1.87. The van der Waals surface area contributed by atoms with E-state index in [1.807, 2.05) is 12.1 Å². The van der Waals surface area contributed by atoms with Crippen LogP contribution in [0, 0.1) is 23.0 Å². The fourth-order valence-corrected chi connectivity index (χ4v) is 3.07. The highest BCUT2D eigenvalue weighted by Gasteiger charge is 2.28. The third-order valence-corrected chi connectivity index (χ3v) is 4.57. The van der Waals surface area contributed by atoms with Crippen molar-refractivity contribution >= 4 is 5.91 Å². The molecule has 152 valence electrons. The minimum Gasteiger partial charge on any atom is -0.364 e. The molecule has 0 aliphatic rings. The van der Waals surface area contributed by atoms with Crippen molar-refractivity contribution in [1.29, 1.82) is 5.26 Å². The zero-order valence-electron chi connectivity index (χ0n) is 16.4. The zero-order valence-corrected chi connectivity index (χ0v) is 16.4. The predicted octanol–water partition coefficient (Wildman–Crippen LogP) is 4.90. The summed E-state index contributed by atoms with van der Waals surface area (Å²) in [6.07, 6.45) is -1.42. The predicted molar refractivity (Wildman–Crippen MR) is 109 cm³/mol. The van der Waals surface area contributed by atoms with Crippen molar-refractivity contribution in [3.63, 3.8) is 0 Å². The molecule has 0 radical (unpaired) electrons. The van der Waals surface area contributed by atoms with Gasteiger partial charge in [-0.1, -0.05) is 42.5 Å². The molecule has 3 rings (SSSR count). The topological polar surface area (TPSA) is 62.1 Å². The van der Waals surface area contributed by atoms with Crippen molar-refractivity contribution in [1.82, 2.24) is 5.32 Å². The lowest BCUT2D eigenvalue weighted by Crippen LogP contribution is -2.31. The number of amides is 1. The Morgan fingerprint density at radius 3 is 2.23 bits per heavy atom. The molecule has 0 fully saturated rings. The highest BCUT2D eigenvalue weighted by atomic mass is 19.1. The molecule has 4 nitrogen and oxygen atoms in total. The van der Waals surface area contributed by atoms with Crippen molar-refractivity contribution < 1.29 is 18.3 Å². The van der Waals surface area contributed by atoms with Gasteiger partial charge in [0.15, 0.2) is 6.10 Å². The largest absolute Gasteiger partial charge is 0.364 e. The first-order valence-corrected chi connectivity index (χ1v) is 9.46. The number of ether oxygens (including phenoxy) is 1. The molecule has 3 aromatic rings. The van der Waals surface area contributed by atoms with Gasteiger partial charge in [-0.05, 0) is 47.9 Å². The van der Waals surface area contributed by atoms with Crippen molar-refractivity contribution in [2.24, 2.45) is 0 Å². The Hall–Kier alpha value is -3.56. The first kappa shape index (κ1) is 21.2. The average Bonchev–Trinajstić information content (AvgIpc) is 2.77. The van der Waals surface area contributed by atoms with E-state index in [4.69, 9.17) is 10.00 Å². The van der Waals surface area contributed by atoms with E-state index in [-0.39, 0.29) is 13.2 Å². The van der Waals surface area contributed by atoms with E-state index in [0.29, 0.717) is 16.7 Å². The summed E-state index contributed by atoms with van der Waals surface area (Å²) in [7, 11) is 0. The van der Waals surface area contributed by atoms with Gasteiger partial charge in [-0.25, -0.2) is 8.78 Å². The van der Waals surface area contributed by atoms with Gasteiger partial charge in [-0.2, -0.15) is 5.26 Å². The molecule has 0 spiro atoms. The number of nitrogens with zero attached hydrogens (tertiary/aromatic N) is 1. The van der Waals surface area contributed by atoms with Gasteiger partial charge < -0.3 is 10.1 Å². The summed E-state index contributed by atoms with van der Waals surface area (Å²) < 4.78 is 35.1. The Labute approximate surface area is 173 Å². The van der Waals surface area contributed by atoms with Crippen LogP contribution in [0.3, 0.4) is 0 Å². The molecule has 0 saturated carbocycles. The number of nitriles is 1. The second kappa shape index (κ2) is 9.77. The number of hydrogen-bond acceptors (Lipinski definition) is 3. The third kappa shape index (κ3) is 4.88. The van der Waals surface area contributed by atoms with Gasteiger partial charge in [0.25, 0.3) is 5.91 Å². The molecular formula is C24H20F2N2O2. The van der Waals surface area contributed by atoms with Crippen LogP contribution in [0.15, 0.2) is 66.7 Å². The third-order valence-electron chi connectivity index (χ3n) is 4.57. The molecule has 0 aromatic heterocycles. The van der Waals surface area contributed by atoms with Crippen LogP contribution in [0.1, 0.15) is 29.7 Å². The molecule has 0 heterocycles. The van der Waals surface area contributed by atoms with Gasteiger partial charge in [0.05, 0.1) is 17.2 Å². The molecule has 0 bridgehead atoms. The van der Waals surface area contributed by atoms with Gasteiger partial charge in [-0.3, -0.25) is 4.79 Å². The maximum Gasteiger partial charge on any atom is 0.254 e. The van der Waals surface area contributed by atoms with Crippen LogP contribution in [-0.4, -0.2) is 12.5 Å². The van der Waals surface area contributed by atoms with Gasteiger partial charge in [0.2, 0.25) is 0 Å². The van der Waals surface area contributed by atoms with Crippen molar-refractivity contribution in [3.8, 4) is 17.2 Å².